The molecule has 0 radical (unpaired) electrons. The number of H-pyrrole nitrogens is 1. The van der Waals surface area contributed by atoms with Gasteiger partial charge in [0.25, 0.3) is 11.2 Å². The lowest BCUT2D eigenvalue weighted by atomic mass is 10.1. The van der Waals surface area contributed by atoms with Crippen molar-refractivity contribution in [2.75, 3.05) is 0 Å². The molecule has 0 aliphatic heterocycles. The molecule has 4 aromatic rings. The van der Waals surface area contributed by atoms with Crippen LogP contribution in [0.5, 0.6) is 0 Å². The highest BCUT2D eigenvalue weighted by Crippen LogP contribution is 2.30. The summed E-state index contributed by atoms with van der Waals surface area (Å²) in [5.74, 6) is 0. The highest BCUT2D eigenvalue weighted by Gasteiger charge is 2.18. The monoisotopic (exact) mass is 399 g/mol. The summed E-state index contributed by atoms with van der Waals surface area (Å²) in [6, 6.07) is 22.5. The first-order valence-corrected chi connectivity index (χ1v) is 9.17. The third-order valence-corrected chi connectivity index (χ3v) is 4.62. The molecule has 0 atom stereocenters. The van der Waals surface area contributed by atoms with Gasteiger partial charge in [0.2, 0.25) is 0 Å². The summed E-state index contributed by atoms with van der Waals surface area (Å²) >= 11 is 0. The quantitative estimate of drug-likeness (QED) is 0.273. The number of aromatic nitrogens is 2. The van der Waals surface area contributed by atoms with Crippen LogP contribution in [0.2, 0.25) is 0 Å². The SMILES string of the molecule is Cc1ccccc1N=Nc1c(-c2ccc([N+](=O)[O-])cc2)[nH]n(-c2ccccc2)c1=O. The molecule has 8 heteroatoms. The number of para-hydroxylation sites is 1. The number of hydrogen-bond donors (Lipinski definition) is 1. The van der Waals surface area contributed by atoms with E-state index in [1.165, 1.54) is 16.8 Å². The lowest BCUT2D eigenvalue weighted by molar-refractivity contribution is -0.384. The first-order chi connectivity index (χ1) is 14.5. The van der Waals surface area contributed by atoms with Crippen LogP contribution in [0.4, 0.5) is 17.1 Å². The van der Waals surface area contributed by atoms with Crippen LogP contribution in [0.25, 0.3) is 16.9 Å². The van der Waals surface area contributed by atoms with Crippen molar-refractivity contribution in [2.45, 2.75) is 6.92 Å². The van der Waals surface area contributed by atoms with E-state index in [0.29, 0.717) is 22.6 Å². The molecule has 0 fully saturated rings. The van der Waals surface area contributed by atoms with E-state index in [1.807, 2.05) is 49.4 Å². The van der Waals surface area contributed by atoms with E-state index in [1.54, 1.807) is 24.3 Å². The molecule has 1 heterocycles. The Morgan fingerprint density at radius 3 is 2.23 bits per heavy atom. The molecule has 1 aromatic heterocycles. The number of rotatable bonds is 5. The van der Waals surface area contributed by atoms with Gasteiger partial charge < -0.3 is 0 Å². The van der Waals surface area contributed by atoms with E-state index >= 15 is 0 Å². The molecular formula is C22H17N5O3. The zero-order valence-corrected chi connectivity index (χ0v) is 16.0. The molecule has 0 amide bonds. The highest BCUT2D eigenvalue weighted by atomic mass is 16.6. The van der Waals surface area contributed by atoms with E-state index in [4.69, 9.17) is 0 Å². The molecule has 148 valence electrons. The Labute approximate surface area is 171 Å². The van der Waals surface area contributed by atoms with Crippen LogP contribution in [-0.4, -0.2) is 14.7 Å². The molecule has 1 N–H and O–H groups in total. The molecule has 0 bridgehead atoms. The summed E-state index contributed by atoms with van der Waals surface area (Å²) in [7, 11) is 0. The molecule has 0 aliphatic carbocycles. The second-order valence-electron chi connectivity index (χ2n) is 6.60. The van der Waals surface area contributed by atoms with E-state index in [0.717, 1.165) is 5.56 Å². The third kappa shape index (κ3) is 3.66. The van der Waals surface area contributed by atoms with Crippen LogP contribution in [0, 0.1) is 17.0 Å². The summed E-state index contributed by atoms with van der Waals surface area (Å²) in [4.78, 5) is 23.6. The summed E-state index contributed by atoms with van der Waals surface area (Å²) in [6.07, 6.45) is 0. The summed E-state index contributed by atoms with van der Waals surface area (Å²) in [5, 5.41) is 22.5. The van der Waals surface area contributed by atoms with E-state index < -0.39 is 4.92 Å². The lowest BCUT2D eigenvalue weighted by Crippen LogP contribution is -2.13. The van der Waals surface area contributed by atoms with Crippen LogP contribution >= 0.6 is 0 Å². The number of benzene rings is 3. The first-order valence-electron chi connectivity index (χ1n) is 9.17. The van der Waals surface area contributed by atoms with Crippen LogP contribution in [0.15, 0.2) is 93.9 Å². The van der Waals surface area contributed by atoms with Gasteiger partial charge in [0, 0.05) is 17.7 Å². The lowest BCUT2D eigenvalue weighted by Gasteiger charge is -2.01. The number of aryl methyl sites for hydroxylation is 1. The maximum absolute atomic E-state index is 13.1. The van der Waals surface area contributed by atoms with Crippen molar-refractivity contribution in [3.05, 3.63) is 105 Å². The third-order valence-electron chi connectivity index (χ3n) is 4.62. The molecular weight excluding hydrogens is 382 g/mol. The maximum Gasteiger partial charge on any atom is 0.299 e. The standard InChI is InChI=1S/C22H17N5O3/c1-15-7-5-6-10-19(15)23-24-21-20(16-11-13-18(14-12-16)27(29)30)25-26(22(21)28)17-8-3-2-4-9-17/h2-14,25H,1H3. The van der Waals surface area contributed by atoms with Crippen LogP contribution < -0.4 is 5.56 Å². The topological polar surface area (TPSA) is 106 Å². The van der Waals surface area contributed by atoms with Crippen LogP contribution in [0.1, 0.15) is 5.56 Å². The van der Waals surface area contributed by atoms with Gasteiger partial charge in [-0.05, 0) is 42.8 Å². The van der Waals surface area contributed by atoms with Crippen molar-refractivity contribution in [2.24, 2.45) is 10.2 Å². The number of nitrogens with one attached hydrogen (secondary N) is 1. The Morgan fingerprint density at radius 2 is 1.57 bits per heavy atom. The number of non-ortho nitro benzene ring substituents is 1. The molecule has 0 saturated carbocycles. The van der Waals surface area contributed by atoms with E-state index in [2.05, 4.69) is 15.3 Å². The molecule has 0 aliphatic rings. The molecule has 8 nitrogen and oxygen atoms in total. The molecule has 0 spiro atoms. The fraction of sp³-hybridized carbons (Fsp3) is 0.0455. The number of hydrogen-bond acceptors (Lipinski definition) is 5. The molecule has 0 unspecified atom stereocenters. The van der Waals surface area contributed by atoms with Crippen molar-refractivity contribution >= 4 is 17.1 Å². The fourth-order valence-electron chi connectivity index (χ4n) is 3.01. The largest absolute Gasteiger partial charge is 0.299 e. The van der Waals surface area contributed by atoms with Gasteiger partial charge in [-0.25, -0.2) is 4.68 Å². The number of aromatic amines is 1. The zero-order chi connectivity index (χ0) is 21.1. The van der Waals surface area contributed by atoms with Gasteiger partial charge in [0.05, 0.1) is 22.0 Å². The second kappa shape index (κ2) is 7.96. The molecule has 0 saturated heterocycles. The van der Waals surface area contributed by atoms with Gasteiger partial charge >= 0.3 is 0 Å². The normalized spacial score (nSPS) is 11.1. The average Bonchev–Trinajstić information content (AvgIpc) is 3.10. The number of nitrogens with zero attached hydrogens (tertiary/aromatic N) is 4. The molecule has 3 aromatic carbocycles. The second-order valence-corrected chi connectivity index (χ2v) is 6.60. The molecule has 30 heavy (non-hydrogen) atoms. The Bertz CT molecular complexity index is 1290. The Balaban J connectivity index is 1.86. The van der Waals surface area contributed by atoms with E-state index in [9.17, 15) is 14.9 Å². The average molecular weight is 399 g/mol. The van der Waals surface area contributed by atoms with Crippen molar-refractivity contribution < 1.29 is 4.92 Å². The minimum absolute atomic E-state index is 0.0355. The van der Waals surface area contributed by atoms with Crippen molar-refractivity contribution in [1.29, 1.82) is 0 Å². The van der Waals surface area contributed by atoms with Crippen molar-refractivity contribution in [3.63, 3.8) is 0 Å². The Morgan fingerprint density at radius 1 is 0.900 bits per heavy atom. The minimum atomic E-state index is -0.472. The highest BCUT2D eigenvalue weighted by molar-refractivity contribution is 5.72. The van der Waals surface area contributed by atoms with Crippen molar-refractivity contribution in [1.82, 2.24) is 9.78 Å². The predicted octanol–water partition coefficient (Wildman–Crippen LogP) is 5.46. The minimum Gasteiger partial charge on any atom is -0.288 e. The summed E-state index contributed by atoms with van der Waals surface area (Å²) in [5.41, 5.74) is 2.95. The first kappa shape index (κ1) is 19.0. The number of azo groups is 1. The number of nitro groups is 1. The van der Waals surface area contributed by atoms with Crippen LogP contribution in [-0.2, 0) is 0 Å². The fourth-order valence-corrected chi connectivity index (χ4v) is 3.01. The maximum atomic E-state index is 13.1. The summed E-state index contributed by atoms with van der Waals surface area (Å²) in [6.45, 7) is 1.91. The smallest absolute Gasteiger partial charge is 0.288 e. The van der Waals surface area contributed by atoms with Gasteiger partial charge in [0.1, 0.15) is 0 Å². The Kier molecular flexibility index (Phi) is 5.04. The number of nitro benzene ring substituents is 1. The van der Waals surface area contributed by atoms with Gasteiger partial charge in [0.15, 0.2) is 5.69 Å². The van der Waals surface area contributed by atoms with Gasteiger partial charge in [-0.15, -0.1) is 5.11 Å². The van der Waals surface area contributed by atoms with E-state index in [-0.39, 0.29) is 16.9 Å². The van der Waals surface area contributed by atoms with Gasteiger partial charge in [-0.1, -0.05) is 36.4 Å². The van der Waals surface area contributed by atoms with Gasteiger partial charge in [-0.3, -0.25) is 20.0 Å². The summed E-state index contributed by atoms with van der Waals surface area (Å²) < 4.78 is 1.38. The van der Waals surface area contributed by atoms with Crippen molar-refractivity contribution in [3.8, 4) is 16.9 Å². The van der Waals surface area contributed by atoms with Gasteiger partial charge in [-0.2, -0.15) is 5.11 Å². The molecule has 4 rings (SSSR count). The Hall–Kier alpha value is -4.33. The zero-order valence-electron chi connectivity index (χ0n) is 16.0. The predicted molar refractivity (Wildman–Crippen MR) is 114 cm³/mol. The van der Waals surface area contributed by atoms with Crippen LogP contribution in [0.3, 0.4) is 0 Å².